The van der Waals surface area contributed by atoms with E-state index in [4.69, 9.17) is 0 Å². The number of aryl methyl sites for hydroxylation is 6. The summed E-state index contributed by atoms with van der Waals surface area (Å²) in [5.74, 6) is 0. The molecule has 12 rings (SSSR count). The Balaban J connectivity index is 0.000000131. The predicted molar refractivity (Wildman–Crippen MR) is 286 cm³/mol. The molecule has 0 fully saturated rings. The molecule has 0 bridgehead atoms. The molecule has 3 aliphatic rings. The molecular weight excluding hydrogens is 993 g/mol. The molecule has 1 N–H and O–H groups in total. The van der Waals surface area contributed by atoms with Crippen LogP contribution < -0.4 is 0 Å². The van der Waals surface area contributed by atoms with Gasteiger partial charge in [0.1, 0.15) is 11.4 Å². The van der Waals surface area contributed by atoms with E-state index in [9.17, 15) is 31.4 Å². The van der Waals surface area contributed by atoms with Crippen molar-refractivity contribution in [1.82, 2.24) is 53.3 Å². The van der Waals surface area contributed by atoms with E-state index in [1.54, 1.807) is 18.6 Å². The first-order chi connectivity index (χ1) is 36.9. The summed E-state index contributed by atoms with van der Waals surface area (Å²) >= 11 is 0. The molecule has 0 spiro atoms. The summed E-state index contributed by atoms with van der Waals surface area (Å²) in [5, 5.41) is 13.3. The third-order valence-electron chi connectivity index (χ3n) is 15.2. The largest absolute Gasteiger partial charge is 0.433 e. The fourth-order valence-corrected chi connectivity index (χ4v) is 11.2. The number of rotatable bonds is 9. The van der Waals surface area contributed by atoms with Crippen LogP contribution in [0.3, 0.4) is 0 Å². The Labute approximate surface area is 443 Å². The van der Waals surface area contributed by atoms with Gasteiger partial charge in [0.2, 0.25) is 0 Å². The third kappa shape index (κ3) is 11.7. The molecule has 402 valence electrons. The van der Waals surface area contributed by atoms with Crippen LogP contribution in [0.2, 0.25) is 0 Å². The molecule has 1 aromatic carbocycles. The van der Waals surface area contributed by atoms with Crippen molar-refractivity contribution in [3.63, 3.8) is 0 Å². The van der Waals surface area contributed by atoms with Gasteiger partial charge in [-0.3, -0.25) is 24.9 Å². The Morgan fingerprint density at radius 1 is 0.545 bits per heavy atom. The monoisotopic (exact) mass is 1060 g/mol. The minimum absolute atomic E-state index is 0.547. The quantitative estimate of drug-likeness (QED) is 0.141. The van der Waals surface area contributed by atoms with Crippen LogP contribution in [-0.4, -0.2) is 99.2 Å². The van der Waals surface area contributed by atoms with E-state index >= 15 is 0 Å². The Morgan fingerprint density at radius 3 is 1.69 bits per heavy atom. The number of pyridine rings is 5. The number of halogens is 6. The maximum Gasteiger partial charge on any atom is 0.433 e. The lowest BCUT2D eigenvalue weighted by atomic mass is 10.0. The number of aliphatic hydroxyl groups excluding tert-OH is 1. The van der Waals surface area contributed by atoms with Gasteiger partial charge in [-0.05, 0) is 119 Å². The minimum atomic E-state index is -4.40. The summed E-state index contributed by atoms with van der Waals surface area (Å²) in [6.07, 6.45) is 4.79. The Bertz CT molecular complexity index is 3350. The van der Waals surface area contributed by atoms with Gasteiger partial charge in [0.15, 0.2) is 0 Å². The van der Waals surface area contributed by atoms with Crippen molar-refractivity contribution in [1.29, 1.82) is 0 Å². The summed E-state index contributed by atoms with van der Waals surface area (Å²) in [7, 11) is 6.39. The Morgan fingerprint density at radius 2 is 1.12 bits per heavy atom. The van der Waals surface area contributed by atoms with E-state index in [1.165, 1.54) is 80.2 Å². The Hall–Kier alpha value is -6.99. The van der Waals surface area contributed by atoms with E-state index < -0.39 is 29.8 Å². The molecule has 0 saturated carbocycles. The highest BCUT2D eigenvalue weighted by atomic mass is 19.4. The smallest absolute Gasteiger partial charge is 0.386 e. The van der Waals surface area contributed by atoms with Crippen LogP contribution in [0.15, 0.2) is 110 Å². The number of alkyl halides is 6. The van der Waals surface area contributed by atoms with Crippen molar-refractivity contribution >= 4 is 32.8 Å². The van der Waals surface area contributed by atoms with Crippen LogP contribution in [0.1, 0.15) is 79.2 Å². The molecule has 0 aliphatic carbocycles. The number of nitrogens with zero attached hydrogens (tertiary/aromatic N) is 11. The molecule has 0 saturated heterocycles. The number of aromatic nitrogens is 8. The second-order valence-corrected chi connectivity index (χ2v) is 20.8. The van der Waals surface area contributed by atoms with Crippen LogP contribution in [0.4, 0.5) is 26.3 Å². The maximum absolute atomic E-state index is 12.6. The lowest BCUT2D eigenvalue weighted by Gasteiger charge is -2.25. The molecule has 0 radical (unpaired) electrons. The topological polar surface area (TPSA) is 109 Å². The molecular formula is C59H63F6N11O. The van der Waals surface area contributed by atoms with Gasteiger partial charge in [-0.15, -0.1) is 0 Å². The number of hydrogen-bond acceptors (Lipinski definition) is 9. The fraction of sp³-hybridized carbons (Fsp3) is 0.373. The van der Waals surface area contributed by atoms with Crippen molar-refractivity contribution in [2.45, 2.75) is 104 Å². The van der Waals surface area contributed by atoms with E-state index in [2.05, 4.69) is 106 Å². The van der Waals surface area contributed by atoms with Crippen LogP contribution in [-0.2, 0) is 83.7 Å². The predicted octanol–water partition coefficient (Wildman–Crippen LogP) is 10.7. The highest BCUT2D eigenvalue weighted by Crippen LogP contribution is 2.35. The van der Waals surface area contributed by atoms with Crippen LogP contribution in [0.25, 0.3) is 32.8 Å². The molecule has 1 atom stereocenters. The molecule has 9 aromatic rings. The van der Waals surface area contributed by atoms with Crippen molar-refractivity contribution in [3.8, 4) is 0 Å². The lowest BCUT2D eigenvalue weighted by molar-refractivity contribution is -0.142. The summed E-state index contributed by atoms with van der Waals surface area (Å²) in [5.41, 5.74) is 15.4. The summed E-state index contributed by atoms with van der Waals surface area (Å²) in [6, 6.07) is 21.7. The summed E-state index contributed by atoms with van der Waals surface area (Å²) in [6.45, 7) is 11.9. The number of aliphatic hydroxyl groups is 1. The van der Waals surface area contributed by atoms with Crippen LogP contribution >= 0.6 is 0 Å². The standard InChI is InChI=1S/C21H25N3O.2C19H19F3N4/c1-14-4-7-19-17(10-14)18-12-23(3)9-8-20(18)24(19)13-21(25)16-6-5-15(2)22-11-16;1-25-8-6-16-15(12-25)14-4-7-23-11-17(14)26(16)9-5-13-2-3-18(24-10-13)19(20,21)22;1-25-9-7-15-14(12-25)18-16(3-2-8-23-18)26(15)10-6-13-4-5-17(24-11-13)19(20,21)22/h4-7,10-11,21,25H,8-9,12-13H2,1-3H3;2-4,7,10-11H,5-6,8-9,12H2,1H3;2-5,8,11H,6-7,9-10,12H2,1H3/t21-;;/m0../s1. The highest BCUT2D eigenvalue weighted by Gasteiger charge is 2.33. The van der Waals surface area contributed by atoms with Gasteiger partial charge >= 0.3 is 12.4 Å². The van der Waals surface area contributed by atoms with E-state index in [0.29, 0.717) is 32.5 Å². The first-order valence-electron chi connectivity index (χ1n) is 26.1. The Kier molecular flexibility index (Phi) is 15.4. The van der Waals surface area contributed by atoms with Gasteiger partial charge in [-0.25, -0.2) is 0 Å². The SMILES string of the molecule is CN1CCc2c(c3ccncc3n2CCc2ccc(C(F)(F)F)nc2)C1.CN1CCc2c(c3ncccc3n2CCc2ccc(C(F)(F)F)nc2)C1.Cc1ccc2c(c1)c1c(n2C[C@H](O)c2ccc(C)nc2)CCN(C)C1. The second-order valence-electron chi connectivity index (χ2n) is 20.8. The zero-order valence-electron chi connectivity index (χ0n) is 44.0. The van der Waals surface area contributed by atoms with Crippen molar-refractivity contribution < 1.29 is 31.4 Å². The molecule has 12 nitrogen and oxygen atoms in total. The number of hydrogen-bond donors (Lipinski definition) is 1. The van der Waals surface area contributed by atoms with Crippen molar-refractivity contribution in [2.24, 2.45) is 0 Å². The van der Waals surface area contributed by atoms with E-state index in [-0.39, 0.29) is 0 Å². The average molecular weight is 1060 g/mol. The summed E-state index contributed by atoms with van der Waals surface area (Å²) < 4.78 is 82.7. The van der Waals surface area contributed by atoms with Gasteiger partial charge in [0, 0.05) is 153 Å². The van der Waals surface area contributed by atoms with Crippen LogP contribution in [0, 0.1) is 13.8 Å². The van der Waals surface area contributed by atoms with Gasteiger partial charge in [0.05, 0.1) is 35.4 Å². The first-order valence-corrected chi connectivity index (χ1v) is 26.1. The zero-order valence-corrected chi connectivity index (χ0v) is 44.0. The molecule has 11 heterocycles. The van der Waals surface area contributed by atoms with Gasteiger partial charge in [0.25, 0.3) is 0 Å². The van der Waals surface area contributed by atoms with Gasteiger partial charge < -0.3 is 33.5 Å². The molecule has 0 amide bonds. The fourth-order valence-electron chi connectivity index (χ4n) is 11.2. The lowest BCUT2D eigenvalue weighted by Crippen LogP contribution is -2.27. The summed E-state index contributed by atoms with van der Waals surface area (Å²) in [4.78, 5) is 27.2. The average Bonchev–Trinajstić information content (AvgIpc) is 4.10. The molecule has 0 unspecified atom stereocenters. The van der Waals surface area contributed by atoms with Crippen LogP contribution in [0.5, 0.6) is 0 Å². The third-order valence-corrected chi connectivity index (χ3v) is 15.2. The highest BCUT2D eigenvalue weighted by molar-refractivity contribution is 5.87. The van der Waals surface area contributed by atoms with E-state index in [0.717, 1.165) is 110 Å². The van der Waals surface area contributed by atoms with Crippen molar-refractivity contribution in [2.75, 3.05) is 40.8 Å². The van der Waals surface area contributed by atoms with Gasteiger partial charge in [-0.2, -0.15) is 26.3 Å². The number of fused-ring (bicyclic) bond motifs is 9. The molecule has 8 aromatic heterocycles. The van der Waals surface area contributed by atoms with E-state index in [1.807, 2.05) is 37.4 Å². The first kappa shape index (κ1) is 53.4. The maximum atomic E-state index is 12.6. The zero-order chi connectivity index (χ0) is 54.2. The number of likely N-dealkylation sites (N-methyl/N-ethyl adjacent to an activating group) is 3. The number of benzene rings is 1. The molecule has 18 heteroatoms. The van der Waals surface area contributed by atoms with Crippen molar-refractivity contribution in [3.05, 3.63) is 183 Å². The van der Waals surface area contributed by atoms with Gasteiger partial charge in [-0.1, -0.05) is 29.8 Å². The second kappa shape index (κ2) is 22.2. The molecule has 77 heavy (non-hydrogen) atoms. The normalized spacial score (nSPS) is 15.6. The minimum Gasteiger partial charge on any atom is -0.386 e. The molecule has 3 aliphatic heterocycles.